The number of amides is 1. The van der Waals surface area contributed by atoms with Gasteiger partial charge in [-0.1, -0.05) is 24.3 Å². The van der Waals surface area contributed by atoms with Crippen LogP contribution in [-0.2, 0) is 21.1 Å². The highest BCUT2D eigenvalue weighted by Crippen LogP contribution is 2.32. The zero-order chi connectivity index (χ0) is 19.9. The summed E-state index contributed by atoms with van der Waals surface area (Å²) in [6.45, 7) is 2.71. The molecule has 2 atom stereocenters. The van der Waals surface area contributed by atoms with Gasteiger partial charge in [0, 0.05) is 18.3 Å². The summed E-state index contributed by atoms with van der Waals surface area (Å²) in [5.41, 5.74) is 2.75. The molecular weight excluding hydrogens is 379 g/mol. The fraction of sp³-hybridized carbons (Fsp3) is 0.381. The first-order valence-electron chi connectivity index (χ1n) is 9.40. The van der Waals surface area contributed by atoms with Crippen LogP contribution >= 0.6 is 0 Å². The fourth-order valence-electron chi connectivity index (χ4n) is 4.24. The summed E-state index contributed by atoms with van der Waals surface area (Å²) in [7, 11) is -3.21. The molecule has 0 aromatic heterocycles. The molecule has 2 aromatic rings. The Morgan fingerprint density at radius 3 is 2.50 bits per heavy atom. The number of nitrogens with zero attached hydrogens (tertiary/aromatic N) is 2. The lowest BCUT2D eigenvalue weighted by Gasteiger charge is -2.43. The number of benzene rings is 2. The molecule has 0 bridgehead atoms. The van der Waals surface area contributed by atoms with Gasteiger partial charge in [0.15, 0.2) is 9.84 Å². The van der Waals surface area contributed by atoms with Crippen molar-refractivity contribution in [1.82, 2.24) is 4.90 Å². The largest absolute Gasteiger partial charge is 0.306 e. The Balaban J connectivity index is 1.58. The molecule has 2 aliphatic rings. The monoisotopic (exact) mass is 402 g/mol. The number of sulfone groups is 1. The minimum Gasteiger partial charge on any atom is -0.306 e. The van der Waals surface area contributed by atoms with Crippen LogP contribution in [0.25, 0.3) is 0 Å². The normalized spacial score (nSPS) is 24.4. The number of hydrogen-bond donors (Lipinski definition) is 0. The van der Waals surface area contributed by atoms with Crippen LogP contribution in [0.3, 0.4) is 0 Å². The number of aryl methyl sites for hydroxylation is 1. The minimum absolute atomic E-state index is 0.00953. The Morgan fingerprint density at radius 2 is 1.79 bits per heavy atom. The van der Waals surface area contributed by atoms with Crippen molar-refractivity contribution in [2.24, 2.45) is 0 Å². The smallest absolute Gasteiger partial charge is 0.241 e. The van der Waals surface area contributed by atoms with Crippen LogP contribution < -0.4 is 4.90 Å². The molecule has 4 rings (SSSR count). The van der Waals surface area contributed by atoms with Gasteiger partial charge in [0.1, 0.15) is 5.82 Å². The van der Waals surface area contributed by atoms with E-state index in [1.807, 2.05) is 36.1 Å². The second-order valence-corrected chi connectivity index (χ2v) is 9.82. The first kappa shape index (κ1) is 19.1. The Labute approximate surface area is 164 Å². The van der Waals surface area contributed by atoms with Gasteiger partial charge in [-0.3, -0.25) is 9.69 Å². The molecule has 1 amide bonds. The zero-order valence-corrected chi connectivity index (χ0v) is 16.5. The van der Waals surface area contributed by atoms with Gasteiger partial charge in [-0.2, -0.15) is 0 Å². The molecule has 2 fully saturated rings. The molecule has 2 unspecified atom stereocenters. The second kappa shape index (κ2) is 7.29. The van der Waals surface area contributed by atoms with Gasteiger partial charge >= 0.3 is 0 Å². The summed E-state index contributed by atoms with van der Waals surface area (Å²) < 4.78 is 37.9. The van der Waals surface area contributed by atoms with E-state index in [1.54, 1.807) is 17.0 Å². The number of piperazine rings is 1. The van der Waals surface area contributed by atoms with Crippen LogP contribution in [0.1, 0.15) is 11.1 Å². The predicted octanol–water partition coefficient (Wildman–Crippen LogP) is 2.19. The molecule has 0 N–H and O–H groups in total. The molecule has 2 aliphatic heterocycles. The lowest BCUT2D eigenvalue weighted by Crippen LogP contribution is -2.62. The van der Waals surface area contributed by atoms with Crippen molar-refractivity contribution in [2.75, 3.05) is 29.5 Å². The number of rotatable bonds is 4. The number of carbonyl (C=O) groups excluding carboxylic acids is 1. The molecule has 7 heteroatoms. The van der Waals surface area contributed by atoms with Crippen molar-refractivity contribution in [3.63, 3.8) is 0 Å². The van der Waals surface area contributed by atoms with Crippen LogP contribution in [0.2, 0.25) is 0 Å². The molecule has 0 spiro atoms. The number of carbonyl (C=O) groups is 1. The van der Waals surface area contributed by atoms with Crippen molar-refractivity contribution in [3.8, 4) is 0 Å². The predicted molar refractivity (Wildman–Crippen MR) is 107 cm³/mol. The third-order valence-corrected chi connectivity index (χ3v) is 7.28. The van der Waals surface area contributed by atoms with E-state index < -0.39 is 9.84 Å². The number of fused-ring (bicyclic) bond motifs is 1. The quantitative estimate of drug-likeness (QED) is 0.787. The van der Waals surface area contributed by atoms with Crippen LogP contribution in [0.15, 0.2) is 48.5 Å². The maximum Gasteiger partial charge on any atom is 0.241 e. The van der Waals surface area contributed by atoms with E-state index >= 15 is 0 Å². The first-order chi connectivity index (χ1) is 13.3. The van der Waals surface area contributed by atoms with E-state index in [2.05, 4.69) is 0 Å². The topological polar surface area (TPSA) is 57.7 Å². The summed E-state index contributed by atoms with van der Waals surface area (Å²) >= 11 is 0. The van der Waals surface area contributed by atoms with E-state index in [9.17, 15) is 17.6 Å². The maximum absolute atomic E-state index is 13.1. The van der Waals surface area contributed by atoms with Crippen molar-refractivity contribution in [2.45, 2.75) is 25.4 Å². The summed E-state index contributed by atoms with van der Waals surface area (Å²) in [6, 6.07) is 13.3. The van der Waals surface area contributed by atoms with E-state index in [0.717, 1.165) is 16.8 Å². The molecule has 0 radical (unpaired) electrons. The van der Waals surface area contributed by atoms with E-state index in [4.69, 9.17) is 0 Å². The summed E-state index contributed by atoms with van der Waals surface area (Å²) in [6.07, 6.45) is 0.640. The van der Waals surface area contributed by atoms with Gasteiger partial charge in [-0.15, -0.1) is 0 Å². The lowest BCUT2D eigenvalue weighted by atomic mass is 10.0. The standard InChI is InChI=1S/C21H23FN2O3S/c1-15-3-2-4-18(11-15)24-20-14-28(26,27)13-19(20)23(12-21(24)25)10-9-16-5-7-17(22)8-6-16/h2-8,11,19-20H,9-10,12-14H2,1H3. The van der Waals surface area contributed by atoms with E-state index in [-0.39, 0.29) is 41.9 Å². The van der Waals surface area contributed by atoms with Crippen LogP contribution in [0.5, 0.6) is 0 Å². The molecule has 2 aromatic carbocycles. The maximum atomic E-state index is 13.1. The third-order valence-electron chi connectivity index (χ3n) is 5.58. The average molecular weight is 402 g/mol. The minimum atomic E-state index is -3.21. The highest BCUT2D eigenvalue weighted by atomic mass is 32.2. The molecule has 5 nitrogen and oxygen atoms in total. The first-order valence-corrected chi connectivity index (χ1v) is 11.2. The van der Waals surface area contributed by atoms with Crippen molar-refractivity contribution >= 4 is 21.4 Å². The number of hydrogen-bond acceptors (Lipinski definition) is 4. The van der Waals surface area contributed by atoms with Gasteiger partial charge in [0.2, 0.25) is 5.91 Å². The average Bonchev–Trinajstić information content (AvgIpc) is 2.96. The SMILES string of the molecule is Cc1cccc(N2C(=O)CN(CCc3ccc(F)cc3)C3CS(=O)(=O)CC32)c1. The van der Waals surface area contributed by atoms with Gasteiger partial charge in [-0.05, 0) is 48.7 Å². The zero-order valence-electron chi connectivity index (χ0n) is 15.7. The van der Waals surface area contributed by atoms with Gasteiger partial charge in [-0.25, -0.2) is 12.8 Å². The molecule has 0 saturated carbocycles. The van der Waals surface area contributed by atoms with Crippen LogP contribution in [-0.4, -0.2) is 55.9 Å². The molecular formula is C21H23FN2O3S. The Morgan fingerprint density at radius 1 is 1.07 bits per heavy atom. The van der Waals surface area contributed by atoms with Crippen LogP contribution in [0.4, 0.5) is 10.1 Å². The van der Waals surface area contributed by atoms with Crippen LogP contribution in [0, 0.1) is 12.7 Å². The summed E-state index contributed by atoms with van der Waals surface area (Å²) in [4.78, 5) is 16.6. The highest BCUT2D eigenvalue weighted by Gasteiger charge is 2.49. The molecule has 2 saturated heterocycles. The van der Waals surface area contributed by atoms with E-state index in [0.29, 0.717) is 13.0 Å². The van der Waals surface area contributed by atoms with Crippen molar-refractivity contribution < 1.29 is 17.6 Å². The van der Waals surface area contributed by atoms with Gasteiger partial charge < -0.3 is 4.90 Å². The lowest BCUT2D eigenvalue weighted by molar-refractivity contribution is -0.123. The van der Waals surface area contributed by atoms with Crippen molar-refractivity contribution in [3.05, 3.63) is 65.5 Å². The molecule has 148 valence electrons. The molecule has 0 aliphatic carbocycles. The summed E-state index contributed by atoms with van der Waals surface area (Å²) in [5, 5.41) is 0. The fourth-order valence-corrected chi connectivity index (χ4v) is 6.22. The van der Waals surface area contributed by atoms with Crippen molar-refractivity contribution in [1.29, 1.82) is 0 Å². The van der Waals surface area contributed by atoms with E-state index in [1.165, 1.54) is 12.1 Å². The van der Waals surface area contributed by atoms with Gasteiger partial charge in [0.25, 0.3) is 0 Å². The molecule has 2 heterocycles. The number of halogens is 1. The highest BCUT2D eigenvalue weighted by molar-refractivity contribution is 7.91. The Hall–Kier alpha value is -2.25. The molecule has 28 heavy (non-hydrogen) atoms. The van der Waals surface area contributed by atoms with Gasteiger partial charge in [0.05, 0.1) is 24.1 Å². The Kier molecular flexibility index (Phi) is 4.97. The third kappa shape index (κ3) is 3.82. The Bertz CT molecular complexity index is 991. The second-order valence-electron chi connectivity index (χ2n) is 7.66. The number of anilines is 1. The summed E-state index contributed by atoms with van der Waals surface area (Å²) in [5.74, 6) is -0.308.